The van der Waals surface area contributed by atoms with E-state index in [1.54, 1.807) is 7.11 Å². The van der Waals surface area contributed by atoms with Crippen molar-refractivity contribution in [3.63, 3.8) is 0 Å². The van der Waals surface area contributed by atoms with Gasteiger partial charge in [0.25, 0.3) is 0 Å². The molecule has 2 aromatic carbocycles. The van der Waals surface area contributed by atoms with Gasteiger partial charge in [-0.25, -0.2) is 0 Å². The number of nitrogens with two attached hydrogens (primary N) is 1. The molecular weight excluding hydrogens is 314 g/mol. The van der Waals surface area contributed by atoms with Crippen LogP contribution in [0.5, 0.6) is 17.2 Å². The minimum atomic E-state index is 0.191. The van der Waals surface area contributed by atoms with Gasteiger partial charge in [-0.2, -0.15) is 0 Å². The molecule has 136 valence electrons. The number of hydrogen-bond donors (Lipinski definition) is 1. The molecule has 0 heterocycles. The lowest BCUT2D eigenvalue weighted by atomic mass is 9.91. The van der Waals surface area contributed by atoms with Crippen molar-refractivity contribution < 1.29 is 14.2 Å². The molecular formula is C21H29NO3. The van der Waals surface area contributed by atoms with Gasteiger partial charge in [0.15, 0.2) is 11.5 Å². The van der Waals surface area contributed by atoms with Crippen LogP contribution in [0, 0.1) is 0 Å². The highest BCUT2D eigenvalue weighted by atomic mass is 16.5. The van der Waals surface area contributed by atoms with Gasteiger partial charge in [0, 0.05) is 5.92 Å². The van der Waals surface area contributed by atoms with E-state index in [-0.39, 0.29) is 5.92 Å². The maximum atomic E-state index is 6.08. The van der Waals surface area contributed by atoms with Crippen molar-refractivity contribution in [2.75, 3.05) is 26.9 Å². The summed E-state index contributed by atoms with van der Waals surface area (Å²) in [5, 5.41) is 0. The normalized spacial score (nSPS) is 11.8. The van der Waals surface area contributed by atoms with Gasteiger partial charge in [0.05, 0.1) is 20.3 Å². The highest BCUT2D eigenvalue weighted by Crippen LogP contribution is 2.35. The second-order valence-electron chi connectivity index (χ2n) is 5.94. The fourth-order valence-electron chi connectivity index (χ4n) is 2.88. The molecule has 25 heavy (non-hydrogen) atoms. The van der Waals surface area contributed by atoms with Gasteiger partial charge in [0.1, 0.15) is 5.75 Å². The zero-order chi connectivity index (χ0) is 18.1. The number of para-hydroxylation sites is 1. The van der Waals surface area contributed by atoms with Crippen LogP contribution < -0.4 is 19.9 Å². The third-order valence-corrected chi connectivity index (χ3v) is 4.12. The van der Waals surface area contributed by atoms with Gasteiger partial charge in [-0.1, -0.05) is 31.2 Å². The van der Waals surface area contributed by atoms with E-state index in [1.165, 1.54) is 5.56 Å². The second-order valence-corrected chi connectivity index (χ2v) is 5.94. The first kappa shape index (κ1) is 19.1. The maximum absolute atomic E-state index is 6.08. The molecule has 4 heteroatoms. The van der Waals surface area contributed by atoms with Crippen LogP contribution in [0.2, 0.25) is 0 Å². The Morgan fingerprint density at radius 2 is 1.84 bits per heavy atom. The van der Waals surface area contributed by atoms with E-state index >= 15 is 0 Å². The third-order valence-electron chi connectivity index (χ3n) is 4.12. The molecule has 2 rings (SSSR count). The van der Waals surface area contributed by atoms with Crippen LogP contribution in [-0.2, 0) is 6.42 Å². The predicted octanol–water partition coefficient (Wildman–Crippen LogP) is 4.17. The summed E-state index contributed by atoms with van der Waals surface area (Å²) in [4.78, 5) is 0. The van der Waals surface area contributed by atoms with E-state index in [0.717, 1.165) is 35.7 Å². The minimum absolute atomic E-state index is 0.191. The zero-order valence-electron chi connectivity index (χ0n) is 15.5. The Hall–Kier alpha value is -2.20. The van der Waals surface area contributed by atoms with E-state index in [2.05, 4.69) is 25.1 Å². The summed E-state index contributed by atoms with van der Waals surface area (Å²) in [6, 6.07) is 14.2. The van der Waals surface area contributed by atoms with Crippen LogP contribution in [0.1, 0.15) is 37.3 Å². The lowest BCUT2D eigenvalue weighted by molar-refractivity contribution is 0.290. The first-order valence-electron chi connectivity index (χ1n) is 8.94. The van der Waals surface area contributed by atoms with Crippen molar-refractivity contribution in [2.45, 2.75) is 32.6 Å². The molecule has 0 aromatic heterocycles. The Bertz CT molecular complexity index is 657. The van der Waals surface area contributed by atoms with Crippen LogP contribution in [0.15, 0.2) is 42.5 Å². The molecule has 0 fully saturated rings. The Morgan fingerprint density at radius 3 is 2.52 bits per heavy atom. The standard InChI is InChI=1S/C21H29NO3/c1-4-12-25-21-17(9-7-11-20(21)23-3)13-18(15-22)16-8-6-10-19(14-16)24-5-2/h6-11,14,18H,4-5,12-13,15,22H2,1-3H3. The van der Waals surface area contributed by atoms with E-state index < -0.39 is 0 Å². The maximum Gasteiger partial charge on any atom is 0.164 e. The van der Waals surface area contributed by atoms with Crippen molar-refractivity contribution >= 4 is 0 Å². The number of hydrogen-bond acceptors (Lipinski definition) is 4. The van der Waals surface area contributed by atoms with Crippen molar-refractivity contribution in [1.82, 2.24) is 0 Å². The molecule has 4 nitrogen and oxygen atoms in total. The van der Waals surface area contributed by atoms with E-state index in [9.17, 15) is 0 Å². The van der Waals surface area contributed by atoms with E-state index in [1.807, 2.05) is 31.2 Å². The summed E-state index contributed by atoms with van der Waals surface area (Å²) in [6.07, 6.45) is 1.75. The monoisotopic (exact) mass is 343 g/mol. The second kappa shape index (κ2) is 9.94. The molecule has 0 amide bonds. The molecule has 1 atom stereocenters. The van der Waals surface area contributed by atoms with Crippen LogP contribution >= 0.6 is 0 Å². The van der Waals surface area contributed by atoms with Gasteiger partial charge < -0.3 is 19.9 Å². The Balaban J connectivity index is 2.27. The summed E-state index contributed by atoms with van der Waals surface area (Å²) < 4.78 is 17.1. The summed E-state index contributed by atoms with van der Waals surface area (Å²) in [6.45, 7) is 5.96. The summed E-state index contributed by atoms with van der Waals surface area (Å²) in [5.74, 6) is 2.67. The average molecular weight is 343 g/mol. The lowest BCUT2D eigenvalue weighted by Gasteiger charge is -2.20. The van der Waals surface area contributed by atoms with Crippen LogP contribution in [0.25, 0.3) is 0 Å². The Labute approximate surface area is 150 Å². The fourth-order valence-corrected chi connectivity index (χ4v) is 2.88. The van der Waals surface area contributed by atoms with Crippen LogP contribution in [0.4, 0.5) is 0 Å². The van der Waals surface area contributed by atoms with Crippen molar-refractivity contribution in [3.8, 4) is 17.2 Å². The van der Waals surface area contributed by atoms with Crippen LogP contribution in [-0.4, -0.2) is 26.9 Å². The van der Waals surface area contributed by atoms with Gasteiger partial charge in [0.2, 0.25) is 0 Å². The molecule has 0 spiro atoms. The lowest BCUT2D eigenvalue weighted by Crippen LogP contribution is -2.16. The number of benzene rings is 2. The van der Waals surface area contributed by atoms with Crippen molar-refractivity contribution in [2.24, 2.45) is 5.73 Å². The van der Waals surface area contributed by atoms with E-state index in [0.29, 0.717) is 19.8 Å². The molecule has 0 aliphatic rings. The molecule has 2 N–H and O–H groups in total. The molecule has 2 aromatic rings. The summed E-state index contributed by atoms with van der Waals surface area (Å²) >= 11 is 0. The molecule has 0 aliphatic carbocycles. The first-order chi connectivity index (χ1) is 12.2. The first-order valence-corrected chi connectivity index (χ1v) is 8.94. The molecule has 0 saturated carbocycles. The number of rotatable bonds is 10. The SMILES string of the molecule is CCCOc1c(CC(CN)c2cccc(OCC)c2)cccc1OC. The van der Waals surface area contributed by atoms with Crippen molar-refractivity contribution in [1.29, 1.82) is 0 Å². The number of ether oxygens (including phenoxy) is 3. The molecule has 0 radical (unpaired) electrons. The summed E-state index contributed by atoms with van der Waals surface area (Å²) in [5.41, 5.74) is 8.38. The van der Waals surface area contributed by atoms with Gasteiger partial charge in [-0.05, 0) is 55.6 Å². The molecule has 0 saturated heterocycles. The topological polar surface area (TPSA) is 53.7 Å². The largest absolute Gasteiger partial charge is 0.494 e. The third kappa shape index (κ3) is 5.13. The Morgan fingerprint density at radius 1 is 1.04 bits per heavy atom. The number of methoxy groups -OCH3 is 1. The van der Waals surface area contributed by atoms with Crippen molar-refractivity contribution in [3.05, 3.63) is 53.6 Å². The van der Waals surface area contributed by atoms with Gasteiger partial charge in [-0.3, -0.25) is 0 Å². The average Bonchev–Trinajstić information content (AvgIpc) is 2.65. The quantitative estimate of drug-likeness (QED) is 0.703. The van der Waals surface area contributed by atoms with Crippen LogP contribution in [0.3, 0.4) is 0 Å². The highest BCUT2D eigenvalue weighted by Gasteiger charge is 2.17. The summed E-state index contributed by atoms with van der Waals surface area (Å²) in [7, 11) is 1.67. The zero-order valence-corrected chi connectivity index (χ0v) is 15.5. The molecule has 0 aliphatic heterocycles. The minimum Gasteiger partial charge on any atom is -0.494 e. The molecule has 1 unspecified atom stereocenters. The highest BCUT2D eigenvalue weighted by molar-refractivity contribution is 5.47. The van der Waals surface area contributed by atoms with Gasteiger partial charge >= 0.3 is 0 Å². The fraction of sp³-hybridized carbons (Fsp3) is 0.429. The predicted molar refractivity (Wildman–Crippen MR) is 102 cm³/mol. The van der Waals surface area contributed by atoms with E-state index in [4.69, 9.17) is 19.9 Å². The smallest absolute Gasteiger partial charge is 0.164 e. The molecule has 0 bridgehead atoms. The Kier molecular flexibility index (Phi) is 7.61. The van der Waals surface area contributed by atoms with Gasteiger partial charge in [-0.15, -0.1) is 0 Å².